The first kappa shape index (κ1) is 15.3. The second-order valence-electron chi connectivity index (χ2n) is 6.97. The molecule has 0 aliphatic heterocycles. The highest BCUT2D eigenvalue weighted by Crippen LogP contribution is 2.28. The van der Waals surface area contributed by atoms with E-state index in [0.717, 1.165) is 31.5 Å². The summed E-state index contributed by atoms with van der Waals surface area (Å²) < 4.78 is 0. The number of H-pyrrole nitrogens is 1. The number of nitrogens with one attached hydrogen (secondary N) is 1. The summed E-state index contributed by atoms with van der Waals surface area (Å²) in [6.45, 7) is 1.09. The van der Waals surface area contributed by atoms with Crippen LogP contribution in [0.5, 0.6) is 0 Å². The summed E-state index contributed by atoms with van der Waals surface area (Å²) in [6.07, 6.45) is 6.66. The van der Waals surface area contributed by atoms with Crippen LogP contribution in [0.25, 0.3) is 10.9 Å². The minimum absolute atomic E-state index is 0.615. The van der Waals surface area contributed by atoms with Crippen LogP contribution in [0.1, 0.15) is 23.1 Å². The van der Waals surface area contributed by atoms with Crippen molar-refractivity contribution in [2.24, 2.45) is 0 Å². The van der Waals surface area contributed by atoms with Gasteiger partial charge in [0.25, 0.3) is 0 Å². The van der Waals surface area contributed by atoms with Crippen molar-refractivity contribution in [1.82, 2.24) is 9.88 Å². The third-order valence-electron chi connectivity index (χ3n) is 5.52. The number of hydrogen-bond acceptors (Lipinski definition) is 2. The Hall–Kier alpha value is -2.26. The SMILES string of the molecule is CN(CCc1c[nH]c2ccccc12)C1CCc2c(N)cccc2C1. The van der Waals surface area contributed by atoms with Crippen LogP contribution in [0.15, 0.2) is 48.7 Å². The molecule has 124 valence electrons. The topological polar surface area (TPSA) is 45.0 Å². The van der Waals surface area contributed by atoms with Gasteiger partial charge in [0.1, 0.15) is 0 Å². The zero-order chi connectivity index (χ0) is 16.5. The van der Waals surface area contributed by atoms with Crippen LogP contribution in [0, 0.1) is 0 Å². The van der Waals surface area contributed by atoms with Gasteiger partial charge in [-0.2, -0.15) is 0 Å². The lowest BCUT2D eigenvalue weighted by Crippen LogP contribution is -2.37. The first-order valence-electron chi connectivity index (χ1n) is 8.84. The molecule has 3 aromatic rings. The van der Waals surface area contributed by atoms with E-state index in [1.807, 2.05) is 6.07 Å². The van der Waals surface area contributed by atoms with Crippen molar-refractivity contribution in [3.63, 3.8) is 0 Å². The van der Waals surface area contributed by atoms with Gasteiger partial charge in [-0.1, -0.05) is 30.3 Å². The molecule has 1 aromatic heterocycles. The standard InChI is InChI=1S/C21H25N3/c1-24(12-11-16-14-23-21-8-3-2-6-19(16)21)17-9-10-18-15(13-17)5-4-7-20(18)22/h2-8,14,17,23H,9-13,22H2,1H3. The van der Waals surface area contributed by atoms with Gasteiger partial charge in [0.2, 0.25) is 0 Å². The largest absolute Gasteiger partial charge is 0.398 e. The van der Waals surface area contributed by atoms with E-state index in [-0.39, 0.29) is 0 Å². The van der Waals surface area contributed by atoms with E-state index in [1.165, 1.54) is 34.0 Å². The van der Waals surface area contributed by atoms with Crippen LogP contribution < -0.4 is 5.73 Å². The number of aromatic amines is 1. The molecule has 0 radical (unpaired) electrons. The highest BCUT2D eigenvalue weighted by atomic mass is 15.1. The molecule has 0 amide bonds. The average Bonchev–Trinajstić information content (AvgIpc) is 3.03. The van der Waals surface area contributed by atoms with Crippen LogP contribution >= 0.6 is 0 Å². The van der Waals surface area contributed by atoms with Crippen molar-refractivity contribution in [3.8, 4) is 0 Å². The summed E-state index contributed by atoms with van der Waals surface area (Å²) in [6, 6.07) is 15.5. The van der Waals surface area contributed by atoms with E-state index in [9.17, 15) is 0 Å². The van der Waals surface area contributed by atoms with Crippen molar-refractivity contribution < 1.29 is 0 Å². The van der Waals surface area contributed by atoms with Gasteiger partial charge in [0.15, 0.2) is 0 Å². The smallest absolute Gasteiger partial charge is 0.0456 e. The number of fused-ring (bicyclic) bond motifs is 2. The Morgan fingerprint density at radius 2 is 2.04 bits per heavy atom. The van der Waals surface area contributed by atoms with Crippen molar-refractivity contribution >= 4 is 16.6 Å². The molecule has 1 aliphatic rings. The van der Waals surface area contributed by atoms with Gasteiger partial charge >= 0.3 is 0 Å². The molecule has 24 heavy (non-hydrogen) atoms. The van der Waals surface area contributed by atoms with E-state index >= 15 is 0 Å². The molecular weight excluding hydrogens is 294 g/mol. The van der Waals surface area contributed by atoms with Gasteiger partial charge in [-0.25, -0.2) is 0 Å². The number of hydrogen-bond donors (Lipinski definition) is 2. The van der Waals surface area contributed by atoms with Crippen molar-refractivity contribution in [2.45, 2.75) is 31.7 Å². The summed E-state index contributed by atoms with van der Waals surface area (Å²) in [5.41, 5.74) is 12.5. The molecule has 0 saturated heterocycles. The summed E-state index contributed by atoms with van der Waals surface area (Å²) in [5.74, 6) is 0. The van der Waals surface area contributed by atoms with Gasteiger partial charge in [-0.15, -0.1) is 0 Å². The Labute approximate surface area is 143 Å². The van der Waals surface area contributed by atoms with Gasteiger partial charge in [0.05, 0.1) is 0 Å². The van der Waals surface area contributed by atoms with Gasteiger partial charge in [-0.3, -0.25) is 0 Å². The van der Waals surface area contributed by atoms with Crippen molar-refractivity contribution in [3.05, 3.63) is 65.4 Å². The van der Waals surface area contributed by atoms with Gasteiger partial charge in [0, 0.05) is 35.4 Å². The molecule has 1 aliphatic carbocycles. The molecule has 0 spiro atoms. The van der Waals surface area contributed by atoms with Crippen molar-refractivity contribution in [2.75, 3.05) is 19.3 Å². The third-order valence-corrected chi connectivity index (χ3v) is 5.52. The summed E-state index contributed by atoms with van der Waals surface area (Å²) in [7, 11) is 2.26. The molecule has 3 N–H and O–H groups in total. The molecular formula is C21H25N3. The Kier molecular flexibility index (Phi) is 4.03. The van der Waals surface area contributed by atoms with Gasteiger partial charge < -0.3 is 15.6 Å². The molecule has 0 fully saturated rings. The predicted octanol–water partition coefficient (Wildman–Crippen LogP) is 3.78. The minimum Gasteiger partial charge on any atom is -0.398 e. The van der Waals surface area contributed by atoms with E-state index < -0.39 is 0 Å². The maximum atomic E-state index is 6.12. The van der Waals surface area contributed by atoms with Crippen LogP contribution in [-0.2, 0) is 19.3 Å². The number of nitrogen functional groups attached to an aromatic ring is 1. The average molecular weight is 319 g/mol. The number of rotatable bonds is 4. The summed E-state index contributed by atoms with van der Waals surface area (Å²) in [5, 5.41) is 1.35. The lowest BCUT2D eigenvalue weighted by atomic mass is 9.86. The lowest BCUT2D eigenvalue weighted by Gasteiger charge is -2.33. The number of aromatic nitrogens is 1. The molecule has 3 nitrogen and oxygen atoms in total. The molecule has 3 heteroatoms. The highest BCUT2D eigenvalue weighted by molar-refractivity contribution is 5.83. The highest BCUT2D eigenvalue weighted by Gasteiger charge is 2.23. The molecule has 1 heterocycles. The Morgan fingerprint density at radius 1 is 1.17 bits per heavy atom. The van der Waals surface area contributed by atoms with Crippen molar-refractivity contribution in [1.29, 1.82) is 0 Å². The van der Waals surface area contributed by atoms with E-state index in [4.69, 9.17) is 5.73 Å². The fourth-order valence-corrected chi connectivity index (χ4v) is 4.01. The fraction of sp³-hybridized carbons (Fsp3) is 0.333. The van der Waals surface area contributed by atoms with E-state index in [2.05, 4.69) is 59.5 Å². The first-order valence-corrected chi connectivity index (χ1v) is 8.84. The van der Waals surface area contributed by atoms with E-state index in [0.29, 0.717) is 6.04 Å². The summed E-state index contributed by atoms with van der Waals surface area (Å²) in [4.78, 5) is 5.90. The Morgan fingerprint density at radius 3 is 2.96 bits per heavy atom. The maximum absolute atomic E-state index is 6.12. The first-order chi connectivity index (χ1) is 11.7. The van der Waals surface area contributed by atoms with E-state index in [1.54, 1.807) is 0 Å². The normalized spacial score (nSPS) is 17.3. The molecule has 1 atom stereocenters. The number of nitrogens with two attached hydrogens (primary N) is 1. The molecule has 1 unspecified atom stereocenters. The number of likely N-dealkylation sites (N-methyl/N-ethyl adjacent to an activating group) is 1. The van der Waals surface area contributed by atoms with Crippen LogP contribution in [0.4, 0.5) is 5.69 Å². The number of nitrogens with zero attached hydrogens (tertiary/aromatic N) is 1. The molecule has 0 bridgehead atoms. The van der Waals surface area contributed by atoms with Crippen LogP contribution in [0.3, 0.4) is 0 Å². The maximum Gasteiger partial charge on any atom is 0.0456 e. The molecule has 4 rings (SSSR count). The third kappa shape index (κ3) is 2.80. The fourth-order valence-electron chi connectivity index (χ4n) is 4.01. The zero-order valence-electron chi connectivity index (χ0n) is 14.3. The zero-order valence-corrected chi connectivity index (χ0v) is 14.3. The number of para-hydroxylation sites is 1. The molecule has 0 saturated carbocycles. The van der Waals surface area contributed by atoms with Crippen LogP contribution in [-0.4, -0.2) is 29.5 Å². The second-order valence-corrected chi connectivity index (χ2v) is 6.97. The number of anilines is 1. The predicted molar refractivity (Wildman–Crippen MR) is 101 cm³/mol. The Balaban J connectivity index is 1.43. The monoisotopic (exact) mass is 319 g/mol. The lowest BCUT2D eigenvalue weighted by molar-refractivity contribution is 0.224. The molecule has 2 aromatic carbocycles. The summed E-state index contributed by atoms with van der Waals surface area (Å²) >= 11 is 0. The minimum atomic E-state index is 0.615. The Bertz CT molecular complexity index is 849. The second kappa shape index (κ2) is 6.33. The van der Waals surface area contributed by atoms with Gasteiger partial charge in [-0.05, 0) is 61.6 Å². The number of benzene rings is 2. The van der Waals surface area contributed by atoms with Crippen LogP contribution in [0.2, 0.25) is 0 Å². The quantitative estimate of drug-likeness (QED) is 0.719.